The van der Waals surface area contributed by atoms with E-state index >= 15 is 0 Å². The van der Waals surface area contributed by atoms with Crippen molar-refractivity contribution in [1.29, 1.82) is 5.26 Å². The van der Waals surface area contributed by atoms with Gasteiger partial charge in [0.2, 0.25) is 11.6 Å². The van der Waals surface area contributed by atoms with Crippen LogP contribution in [0.2, 0.25) is 5.02 Å². The lowest BCUT2D eigenvalue weighted by molar-refractivity contribution is 0.0701. The first-order valence-corrected chi connectivity index (χ1v) is 11.3. The number of esters is 1. The monoisotopic (exact) mass is 498 g/mol. The fourth-order valence-corrected chi connectivity index (χ4v) is 4.05. The number of carbonyl (C=O) groups excluding carboxylic acids is 1. The van der Waals surface area contributed by atoms with Gasteiger partial charge in [-0.3, -0.25) is 0 Å². The zero-order valence-electron chi connectivity index (χ0n) is 18.8. The number of nitriles is 1. The molecule has 1 atom stereocenters. The quantitative estimate of drug-likeness (QED) is 0.258. The Hall–Kier alpha value is -4.67. The van der Waals surface area contributed by atoms with E-state index in [4.69, 9.17) is 36.0 Å². The maximum atomic E-state index is 12.3. The molecule has 0 fully saturated rings. The number of benzene rings is 3. The van der Waals surface area contributed by atoms with Crippen LogP contribution in [0, 0.1) is 11.3 Å². The summed E-state index contributed by atoms with van der Waals surface area (Å²) in [6.45, 7) is 0.360. The highest BCUT2D eigenvalue weighted by Gasteiger charge is 2.31. The minimum Gasteiger partial charge on any atom is -0.489 e. The number of hydrogen-bond acceptors (Lipinski definition) is 7. The van der Waals surface area contributed by atoms with E-state index in [0.717, 1.165) is 11.1 Å². The van der Waals surface area contributed by atoms with Crippen molar-refractivity contribution < 1.29 is 23.4 Å². The molecule has 7 nitrogen and oxygen atoms in total. The summed E-state index contributed by atoms with van der Waals surface area (Å²) in [5, 5.41) is 10.5. The highest BCUT2D eigenvalue weighted by atomic mass is 35.5. The van der Waals surface area contributed by atoms with Crippen LogP contribution in [-0.2, 0) is 6.61 Å². The molecule has 0 saturated carbocycles. The number of hydrogen-bond donors (Lipinski definition) is 1. The number of fused-ring (bicyclic) bond motifs is 1. The molecular weight excluding hydrogens is 480 g/mol. The molecule has 3 aromatic carbocycles. The maximum absolute atomic E-state index is 12.3. The Labute approximate surface area is 211 Å². The van der Waals surface area contributed by atoms with Crippen molar-refractivity contribution in [2.75, 3.05) is 0 Å². The van der Waals surface area contributed by atoms with Crippen LogP contribution >= 0.6 is 11.6 Å². The molecule has 0 spiro atoms. The third kappa shape index (κ3) is 4.76. The molecule has 2 heterocycles. The van der Waals surface area contributed by atoms with Crippen LogP contribution in [0.25, 0.3) is 0 Å². The normalized spacial score (nSPS) is 14.4. The minimum absolute atomic E-state index is 0.0167. The number of allylic oxidation sites excluding steroid dienone is 1. The second-order valence-electron chi connectivity index (χ2n) is 7.98. The van der Waals surface area contributed by atoms with Gasteiger partial charge in [-0.25, -0.2) is 4.79 Å². The molecule has 8 heteroatoms. The van der Waals surface area contributed by atoms with E-state index in [0.29, 0.717) is 28.7 Å². The Bertz CT molecular complexity index is 1490. The predicted molar refractivity (Wildman–Crippen MR) is 132 cm³/mol. The third-order valence-corrected chi connectivity index (χ3v) is 5.89. The molecule has 0 aliphatic carbocycles. The van der Waals surface area contributed by atoms with Crippen molar-refractivity contribution in [3.05, 3.63) is 124 Å². The van der Waals surface area contributed by atoms with E-state index in [2.05, 4.69) is 6.07 Å². The second kappa shape index (κ2) is 9.90. The molecular formula is C28H19ClN2O5. The van der Waals surface area contributed by atoms with Gasteiger partial charge in [-0.05, 0) is 53.6 Å². The summed E-state index contributed by atoms with van der Waals surface area (Å²) in [5.41, 5.74) is 8.86. The van der Waals surface area contributed by atoms with E-state index in [1.807, 2.05) is 48.5 Å². The molecule has 36 heavy (non-hydrogen) atoms. The molecule has 1 aliphatic rings. The number of halogens is 1. The number of carbonyl (C=O) groups is 1. The lowest BCUT2D eigenvalue weighted by Crippen LogP contribution is -2.21. The van der Waals surface area contributed by atoms with Gasteiger partial charge in [0.25, 0.3) is 0 Å². The van der Waals surface area contributed by atoms with Gasteiger partial charge in [-0.15, -0.1) is 0 Å². The van der Waals surface area contributed by atoms with Crippen molar-refractivity contribution in [2.45, 2.75) is 12.5 Å². The lowest BCUT2D eigenvalue weighted by atomic mass is 9.83. The molecule has 0 radical (unpaired) electrons. The van der Waals surface area contributed by atoms with Crippen molar-refractivity contribution in [3.63, 3.8) is 0 Å². The molecule has 0 amide bonds. The number of furan rings is 1. The van der Waals surface area contributed by atoms with Crippen molar-refractivity contribution in [2.24, 2.45) is 5.73 Å². The Morgan fingerprint density at radius 1 is 1.03 bits per heavy atom. The van der Waals surface area contributed by atoms with Crippen LogP contribution < -0.4 is 19.9 Å². The Morgan fingerprint density at radius 2 is 1.86 bits per heavy atom. The van der Waals surface area contributed by atoms with Gasteiger partial charge in [0.15, 0.2) is 0 Å². The predicted octanol–water partition coefficient (Wildman–Crippen LogP) is 5.95. The number of nitrogens with two attached hydrogens (primary N) is 1. The molecule has 1 aliphatic heterocycles. The highest BCUT2D eigenvalue weighted by molar-refractivity contribution is 6.30. The van der Waals surface area contributed by atoms with Gasteiger partial charge >= 0.3 is 5.97 Å². The fourth-order valence-electron chi connectivity index (χ4n) is 3.93. The summed E-state index contributed by atoms with van der Waals surface area (Å²) in [4.78, 5) is 12.3. The van der Waals surface area contributed by atoms with Gasteiger partial charge in [0.05, 0.1) is 12.2 Å². The van der Waals surface area contributed by atoms with Crippen molar-refractivity contribution >= 4 is 17.6 Å². The van der Waals surface area contributed by atoms with E-state index in [1.54, 1.807) is 24.3 Å². The highest BCUT2D eigenvalue weighted by Crippen LogP contribution is 2.44. The maximum Gasteiger partial charge on any atom is 0.379 e. The molecule has 1 aromatic heterocycles. The lowest BCUT2D eigenvalue weighted by Gasteiger charge is -2.27. The van der Waals surface area contributed by atoms with Crippen LogP contribution in [0.5, 0.6) is 17.2 Å². The average molecular weight is 499 g/mol. The molecule has 178 valence electrons. The van der Waals surface area contributed by atoms with E-state index in [9.17, 15) is 10.1 Å². The molecule has 4 aromatic rings. The summed E-state index contributed by atoms with van der Waals surface area (Å²) >= 11 is 5.95. The minimum atomic E-state index is -0.640. The number of nitrogens with zero attached hydrogens (tertiary/aromatic N) is 1. The summed E-state index contributed by atoms with van der Waals surface area (Å²) < 4.78 is 22.2. The summed E-state index contributed by atoms with van der Waals surface area (Å²) in [5.74, 6) is 0.197. The van der Waals surface area contributed by atoms with Gasteiger partial charge in [0, 0.05) is 16.7 Å². The van der Waals surface area contributed by atoms with Crippen LogP contribution in [0.15, 0.2) is 101 Å². The van der Waals surface area contributed by atoms with Gasteiger partial charge in [-0.2, -0.15) is 5.26 Å². The molecule has 1 unspecified atom stereocenters. The fraction of sp³-hybridized carbons (Fsp3) is 0.0714. The van der Waals surface area contributed by atoms with Gasteiger partial charge in [-0.1, -0.05) is 41.9 Å². The Balaban J connectivity index is 1.42. The largest absolute Gasteiger partial charge is 0.489 e. The van der Waals surface area contributed by atoms with Crippen LogP contribution in [0.3, 0.4) is 0 Å². The first-order chi connectivity index (χ1) is 17.5. The van der Waals surface area contributed by atoms with Gasteiger partial charge in [0.1, 0.15) is 35.5 Å². The summed E-state index contributed by atoms with van der Waals surface area (Å²) in [7, 11) is 0. The summed E-state index contributed by atoms with van der Waals surface area (Å²) in [6, 6.07) is 25.1. The molecule has 5 rings (SSSR count). The molecule has 2 N–H and O–H groups in total. The van der Waals surface area contributed by atoms with Crippen LogP contribution in [-0.4, -0.2) is 5.97 Å². The topological polar surface area (TPSA) is 108 Å². The first kappa shape index (κ1) is 23.1. The number of rotatable bonds is 6. The molecule has 0 saturated heterocycles. The zero-order chi connectivity index (χ0) is 25.1. The van der Waals surface area contributed by atoms with Gasteiger partial charge < -0.3 is 24.4 Å². The Kier molecular flexibility index (Phi) is 6.35. The van der Waals surface area contributed by atoms with E-state index in [1.165, 1.54) is 12.3 Å². The molecule has 0 bridgehead atoms. The average Bonchev–Trinajstić information content (AvgIpc) is 3.43. The Morgan fingerprint density at radius 3 is 2.61 bits per heavy atom. The van der Waals surface area contributed by atoms with Crippen LogP contribution in [0.4, 0.5) is 0 Å². The second-order valence-corrected chi connectivity index (χ2v) is 8.42. The first-order valence-electron chi connectivity index (χ1n) is 11.0. The third-order valence-electron chi connectivity index (χ3n) is 5.63. The van der Waals surface area contributed by atoms with Crippen LogP contribution in [0.1, 0.15) is 33.2 Å². The summed E-state index contributed by atoms with van der Waals surface area (Å²) in [6.07, 6.45) is 1.39. The number of ether oxygens (including phenoxy) is 3. The van der Waals surface area contributed by atoms with E-state index < -0.39 is 11.9 Å². The standard InChI is InChI=1S/C28H19ClN2O5/c29-19-8-6-17(7-9-19)16-34-20-4-1-3-18(13-20)26-22-11-10-21(35-28(32)24-5-2-12-33-24)14-25(22)36-27(31)23(26)15-30/h1-14,26H,16,31H2. The van der Waals surface area contributed by atoms with Crippen molar-refractivity contribution in [3.8, 4) is 23.3 Å². The SMILES string of the molecule is N#CC1=C(N)Oc2cc(OC(=O)c3ccco3)ccc2C1c1cccc(OCc2ccc(Cl)cc2)c1. The van der Waals surface area contributed by atoms with Crippen molar-refractivity contribution in [1.82, 2.24) is 0 Å². The smallest absolute Gasteiger partial charge is 0.379 e. The van der Waals surface area contributed by atoms with E-state index in [-0.39, 0.29) is 23.0 Å². The zero-order valence-corrected chi connectivity index (χ0v) is 19.6.